The normalized spacial score (nSPS) is 11.6. The van der Waals surface area contributed by atoms with Crippen molar-refractivity contribution < 1.29 is 19.1 Å². The second-order valence-corrected chi connectivity index (χ2v) is 7.09. The standard InChI is InChI=1S/C18H20BrClN4O4/c1-3-4-9-12(18(27)28-2)21-17(26)14-13(19)15(24-23-14)22-16(25)10-7-5-6-8-11(10)20/h5-8,12H,3-4,9H2,1-2H3,(H,21,26)(H2,22,23,24,25)/t12-/m0/s1. The van der Waals surface area contributed by atoms with Crippen molar-refractivity contribution in [3.8, 4) is 0 Å². The first-order chi connectivity index (χ1) is 13.4. The first-order valence-corrected chi connectivity index (χ1v) is 9.74. The summed E-state index contributed by atoms with van der Waals surface area (Å²) in [5.74, 6) is -1.42. The maximum absolute atomic E-state index is 12.5. The molecule has 0 aliphatic heterocycles. The Hall–Kier alpha value is -2.39. The average Bonchev–Trinajstić information content (AvgIpc) is 3.05. The molecule has 0 saturated heterocycles. The van der Waals surface area contributed by atoms with Crippen LogP contribution in [0, 0.1) is 0 Å². The van der Waals surface area contributed by atoms with Crippen LogP contribution in [-0.2, 0) is 9.53 Å². The number of hydrogen-bond donors (Lipinski definition) is 3. The molecule has 0 radical (unpaired) electrons. The van der Waals surface area contributed by atoms with Gasteiger partial charge in [-0.3, -0.25) is 14.7 Å². The summed E-state index contributed by atoms with van der Waals surface area (Å²) < 4.78 is 4.99. The number of carbonyl (C=O) groups is 3. The highest BCUT2D eigenvalue weighted by Gasteiger charge is 2.25. The summed E-state index contributed by atoms with van der Waals surface area (Å²) in [5, 5.41) is 12.0. The molecular formula is C18H20BrClN4O4. The van der Waals surface area contributed by atoms with E-state index in [1.807, 2.05) is 6.92 Å². The first kappa shape index (κ1) is 21.9. The minimum atomic E-state index is -0.770. The van der Waals surface area contributed by atoms with Crippen LogP contribution >= 0.6 is 27.5 Å². The van der Waals surface area contributed by atoms with Gasteiger partial charge in [-0.15, -0.1) is 0 Å². The van der Waals surface area contributed by atoms with Gasteiger partial charge in [0.15, 0.2) is 5.82 Å². The molecule has 1 aromatic carbocycles. The van der Waals surface area contributed by atoms with Crippen molar-refractivity contribution in [2.24, 2.45) is 0 Å². The number of hydrogen-bond acceptors (Lipinski definition) is 5. The third kappa shape index (κ3) is 5.32. The molecule has 0 spiro atoms. The van der Waals surface area contributed by atoms with E-state index in [1.54, 1.807) is 24.3 Å². The van der Waals surface area contributed by atoms with Gasteiger partial charge in [-0.1, -0.05) is 43.5 Å². The predicted molar refractivity (Wildman–Crippen MR) is 108 cm³/mol. The summed E-state index contributed by atoms with van der Waals surface area (Å²) in [5.41, 5.74) is 0.343. The second-order valence-electron chi connectivity index (χ2n) is 5.89. The highest BCUT2D eigenvalue weighted by atomic mass is 79.9. The van der Waals surface area contributed by atoms with Gasteiger partial charge in [0.25, 0.3) is 11.8 Å². The minimum absolute atomic E-state index is 0.0693. The quantitative estimate of drug-likeness (QED) is 0.510. The Morgan fingerprint density at radius 3 is 2.64 bits per heavy atom. The zero-order chi connectivity index (χ0) is 20.7. The smallest absolute Gasteiger partial charge is 0.328 e. The number of methoxy groups -OCH3 is 1. The molecule has 2 rings (SSSR count). The topological polar surface area (TPSA) is 113 Å². The molecule has 0 unspecified atom stereocenters. The summed E-state index contributed by atoms with van der Waals surface area (Å²) in [4.78, 5) is 36.8. The molecular weight excluding hydrogens is 452 g/mol. The maximum atomic E-state index is 12.5. The van der Waals surface area contributed by atoms with E-state index in [1.165, 1.54) is 7.11 Å². The van der Waals surface area contributed by atoms with Crippen LogP contribution in [0.2, 0.25) is 5.02 Å². The number of H-pyrrole nitrogens is 1. The second kappa shape index (κ2) is 10.2. The van der Waals surface area contributed by atoms with E-state index in [4.69, 9.17) is 16.3 Å². The van der Waals surface area contributed by atoms with Gasteiger partial charge < -0.3 is 15.4 Å². The van der Waals surface area contributed by atoms with E-state index in [0.717, 1.165) is 12.8 Å². The molecule has 10 heteroatoms. The predicted octanol–water partition coefficient (Wildman–Crippen LogP) is 3.54. The van der Waals surface area contributed by atoms with E-state index >= 15 is 0 Å². The average molecular weight is 472 g/mol. The van der Waals surface area contributed by atoms with Crippen molar-refractivity contribution >= 4 is 51.1 Å². The fraction of sp³-hybridized carbons (Fsp3) is 0.333. The lowest BCUT2D eigenvalue weighted by molar-refractivity contribution is -0.143. The molecule has 0 fully saturated rings. The van der Waals surface area contributed by atoms with Crippen molar-refractivity contribution in [3.63, 3.8) is 0 Å². The van der Waals surface area contributed by atoms with Crippen LogP contribution in [0.15, 0.2) is 28.7 Å². The molecule has 2 amide bonds. The summed E-state index contributed by atoms with van der Waals surface area (Å²) in [6, 6.07) is 5.79. The molecule has 3 N–H and O–H groups in total. The Balaban J connectivity index is 2.12. The van der Waals surface area contributed by atoms with Crippen LogP contribution in [0.4, 0.5) is 5.82 Å². The number of nitrogens with zero attached hydrogens (tertiary/aromatic N) is 1. The molecule has 2 aromatic rings. The van der Waals surface area contributed by atoms with Crippen molar-refractivity contribution in [1.82, 2.24) is 15.5 Å². The van der Waals surface area contributed by atoms with Crippen molar-refractivity contribution in [2.75, 3.05) is 12.4 Å². The van der Waals surface area contributed by atoms with E-state index < -0.39 is 23.8 Å². The van der Waals surface area contributed by atoms with Crippen LogP contribution in [0.3, 0.4) is 0 Å². The largest absolute Gasteiger partial charge is 0.467 e. The molecule has 0 aliphatic carbocycles. The SMILES string of the molecule is CCCC[C@H](NC(=O)c1[nH]nc(NC(=O)c2ccccc2Cl)c1Br)C(=O)OC. The third-order valence-electron chi connectivity index (χ3n) is 3.92. The lowest BCUT2D eigenvalue weighted by Crippen LogP contribution is -2.41. The first-order valence-electron chi connectivity index (χ1n) is 8.57. The van der Waals surface area contributed by atoms with E-state index in [9.17, 15) is 14.4 Å². The molecule has 0 saturated carbocycles. The summed E-state index contributed by atoms with van der Waals surface area (Å²) in [6.45, 7) is 1.98. The number of unbranched alkanes of at least 4 members (excludes halogenated alkanes) is 1. The monoisotopic (exact) mass is 470 g/mol. The Morgan fingerprint density at radius 1 is 1.29 bits per heavy atom. The van der Waals surface area contributed by atoms with Crippen LogP contribution in [-0.4, -0.2) is 41.1 Å². The molecule has 1 aromatic heterocycles. The number of benzene rings is 1. The number of nitrogens with one attached hydrogen (secondary N) is 3. The number of halogens is 2. The van der Waals surface area contributed by atoms with E-state index in [2.05, 4.69) is 36.8 Å². The third-order valence-corrected chi connectivity index (χ3v) is 5.02. The number of ether oxygens (including phenoxy) is 1. The number of amides is 2. The Morgan fingerprint density at radius 2 is 2.00 bits per heavy atom. The number of anilines is 1. The maximum Gasteiger partial charge on any atom is 0.328 e. The summed E-state index contributed by atoms with van der Waals surface area (Å²) >= 11 is 9.26. The molecule has 150 valence electrons. The zero-order valence-electron chi connectivity index (χ0n) is 15.3. The van der Waals surface area contributed by atoms with Crippen LogP contribution < -0.4 is 10.6 Å². The summed E-state index contributed by atoms with van der Waals surface area (Å²) in [7, 11) is 1.27. The number of rotatable bonds is 8. The Labute approximate surface area is 175 Å². The van der Waals surface area contributed by atoms with Gasteiger partial charge in [0, 0.05) is 0 Å². The molecule has 0 aliphatic rings. The van der Waals surface area contributed by atoms with Crippen molar-refractivity contribution in [2.45, 2.75) is 32.2 Å². The van der Waals surface area contributed by atoms with Gasteiger partial charge in [-0.2, -0.15) is 5.10 Å². The van der Waals surface area contributed by atoms with Crippen molar-refractivity contribution in [3.05, 3.63) is 45.0 Å². The number of esters is 1. The van der Waals surface area contributed by atoms with Gasteiger partial charge in [-0.25, -0.2) is 4.79 Å². The number of aromatic nitrogens is 2. The van der Waals surface area contributed by atoms with Crippen LogP contribution in [0.5, 0.6) is 0 Å². The van der Waals surface area contributed by atoms with E-state index in [0.29, 0.717) is 11.4 Å². The Bertz CT molecular complexity index is 871. The fourth-order valence-corrected chi connectivity index (χ4v) is 3.09. The fourth-order valence-electron chi connectivity index (χ4n) is 2.41. The van der Waals surface area contributed by atoms with Gasteiger partial charge in [0.2, 0.25) is 0 Å². The zero-order valence-corrected chi connectivity index (χ0v) is 17.7. The van der Waals surface area contributed by atoms with Crippen LogP contribution in [0.1, 0.15) is 47.0 Å². The lowest BCUT2D eigenvalue weighted by Gasteiger charge is -2.15. The van der Waals surface area contributed by atoms with Gasteiger partial charge >= 0.3 is 5.97 Å². The lowest BCUT2D eigenvalue weighted by atomic mass is 10.1. The molecule has 1 atom stereocenters. The highest BCUT2D eigenvalue weighted by molar-refractivity contribution is 9.10. The van der Waals surface area contributed by atoms with Crippen molar-refractivity contribution in [1.29, 1.82) is 0 Å². The van der Waals surface area contributed by atoms with Gasteiger partial charge in [0.05, 0.1) is 22.2 Å². The van der Waals surface area contributed by atoms with Crippen LogP contribution in [0.25, 0.3) is 0 Å². The molecule has 1 heterocycles. The number of carbonyl (C=O) groups excluding carboxylic acids is 3. The minimum Gasteiger partial charge on any atom is -0.467 e. The number of aromatic amines is 1. The Kier molecular flexibility index (Phi) is 8.01. The molecule has 8 nitrogen and oxygen atoms in total. The summed E-state index contributed by atoms with van der Waals surface area (Å²) in [6.07, 6.45) is 2.08. The highest BCUT2D eigenvalue weighted by Crippen LogP contribution is 2.25. The molecule has 28 heavy (non-hydrogen) atoms. The van der Waals surface area contributed by atoms with Gasteiger partial charge in [-0.05, 0) is 34.5 Å². The van der Waals surface area contributed by atoms with Gasteiger partial charge in [0.1, 0.15) is 11.7 Å². The van der Waals surface area contributed by atoms with E-state index in [-0.39, 0.29) is 21.5 Å². The molecule has 0 bridgehead atoms.